The molecule has 3 heteroatoms. The molecule has 2 aromatic heterocycles. The highest BCUT2D eigenvalue weighted by Gasteiger charge is 2.23. The number of furan rings is 1. The molecule has 114 valence electrons. The van der Waals surface area contributed by atoms with E-state index in [1.807, 2.05) is 36.4 Å². The molecule has 4 rings (SSSR count). The summed E-state index contributed by atoms with van der Waals surface area (Å²) in [6, 6.07) is 18.2. The summed E-state index contributed by atoms with van der Waals surface area (Å²) in [5, 5.41) is 1.03. The molecule has 2 heterocycles. The van der Waals surface area contributed by atoms with Gasteiger partial charge in [-0.1, -0.05) is 63.2 Å². The third-order valence-electron chi connectivity index (χ3n) is 3.94. The smallest absolute Gasteiger partial charge is 0.180 e. The number of hydrogen-bond donors (Lipinski definition) is 0. The minimum Gasteiger partial charge on any atom is -0.452 e. The molecular weight excluding hydrogens is 284 g/mol. The zero-order chi connectivity index (χ0) is 16.0. The standard InChI is InChI=1S/C20H18N2O/c1-20(2,3)19-21-16(13-9-5-4-6-10-13)18-17(22-19)14-11-7-8-12-15(14)23-18/h4-12H,1-3H3. The van der Waals surface area contributed by atoms with Crippen LogP contribution in [-0.2, 0) is 5.41 Å². The number of nitrogens with zero attached hydrogens (tertiary/aromatic N) is 2. The quantitative estimate of drug-likeness (QED) is 0.476. The Kier molecular flexibility index (Phi) is 2.98. The van der Waals surface area contributed by atoms with Crippen LogP contribution in [0, 0.1) is 0 Å². The van der Waals surface area contributed by atoms with Crippen LogP contribution in [0.25, 0.3) is 33.3 Å². The fourth-order valence-electron chi connectivity index (χ4n) is 2.72. The summed E-state index contributed by atoms with van der Waals surface area (Å²) >= 11 is 0. The fraction of sp³-hybridized carbons (Fsp3) is 0.200. The number of para-hydroxylation sites is 1. The molecule has 3 nitrogen and oxygen atoms in total. The number of fused-ring (bicyclic) bond motifs is 3. The molecule has 2 aromatic carbocycles. The Labute approximate surface area is 135 Å². The Morgan fingerprint density at radius 1 is 0.826 bits per heavy atom. The van der Waals surface area contributed by atoms with Crippen molar-refractivity contribution in [3.05, 3.63) is 60.4 Å². The summed E-state index contributed by atoms with van der Waals surface area (Å²) in [4.78, 5) is 9.65. The van der Waals surface area contributed by atoms with Gasteiger partial charge < -0.3 is 4.42 Å². The second-order valence-corrected chi connectivity index (χ2v) is 6.79. The molecule has 0 radical (unpaired) electrons. The van der Waals surface area contributed by atoms with Gasteiger partial charge in [0.2, 0.25) is 0 Å². The Morgan fingerprint density at radius 2 is 1.52 bits per heavy atom. The molecule has 0 N–H and O–H groups in total. The van der Waals surface area contributed by atoms with Gasteiger partial charge in [0.1, 0.15) is 22.6 Å². The highest BCUT2D eigenvalue weighted by Crippen LogP contribution is 2.35. The van der Waals surface area contributed by atoms with Crippen LogP contribution in [0.15, 0.2) is 59.0 Å². The number of rotatable bonds is 1. The summed E-state index contributed by atoms with van der Waals surface area (Å²) < 4.78 is 6.08. The maximum Gasteiger partial charge on any atom is 0.180 e. The maximum atomic E-state index is 6.08. The highest BCUT2D eigenvalue weighted by molar-refractivity contribution is 6.06. The Morgan fingerprint density at radius 3 is 2.26 bits per heavy atom. The first-order valence-electron chi connectivity index (χ1n) is 7.79. The molecule has 0 aliphatic heterocycles. The molecule has 0 aliphatic carbocycles. The van der Waals surface area contributed by atoms with Crippen molar-refractivity contribution >= 4 is 22.1 Å². The van der Waals surface area contributed by atoms with Gasteiger partial charge in [-0.3, -0.25) is 0 Å². The maximum absolute atomic E-state index is 6.08. The van der Waals surface area contributed by atoms with Crippen LogP contribution in [0.3, 0.4) is 0 Å². The van der Waals surface area contributed by atoms with Gasteiger partial charge in [0, 0.05) is 16.4 Å². The third kappa shape index (κ3) is 2.29. The third-order valence-corrected chi connectivity index (χ3v) is 3.94. The van der Waals surface area contributed by atoms with Crippen LogP contribution in [0.2, 0.25) is 0 Å². The van der Waals surface area contributed by atoms with E-state index in [-0.39, 0.29) is 5.41 Å². The molecular formula is C20H18N2O. The molecule has 0 unspecified atom stereocenters. The van der Waals surface area contributed by atoms with Crippen molar-refractivity contribution < 1.29 is 4.42 Å². The summed E-state index contributed by atoms with van der Waals surface area (Å²) in [6.45, 7) is 6.39. The zero-order valence-electron chi connectivity index (χ0n) is 13.5. The summed E-state index contributed by atoms with van der Waals surface area (Å²) in [5.74, 6) is 0.829. The van der Waals surface area contributed by atoms with Crippen molar-refractivity contribution in [2.24, 2.45) is 0 Å². The van der Waals surface area contributed by atoms with E-state index in [1.54, 1.807) is 0 Å². The van der Waals surface area contributed by atoms with E-state index in [2.05, 4.69) is 39.0 Å². The minimum atomic E-state index is -0.129. The van der Waals surface area contributed by atoms with Gasteiger partial charge in [-0.05, 0) is 12.1 Å². The van der Waals surface area contributed by atoms with Crippen molar-refractivity contribution in [1.29, 1.82) is 0 Å². The average molecular weight is 302 g/mol. The molecule has 0 spiro atoms. The number of hydrogen-bond acceptors (Lipinski definition) is 3. The molecule has 0 aliphatic rings. The van der Waals surface area contributed by atoms with E-state index in [4.69, 9.17) is 14.4 Å². The summed E-state index contributed by atoms with van der Waals surface area (Å²) in [5.41, 5.74) is 4.27. The number of benzene rings is 2. The van der Waals surface area contributed by atoms with Gasteiger partial charge in [0.05, 0.1) is 0 Å². The van der Waals surface area contributed by atoms with E-state index in [1.165, 1.54) is 0 Å². The van der Waals surface area contributed by atoms with Gasteiger partial charge in [-0.2, -0.15) is 0 Å². The van der Waals surface area contributed by atoms with E-state index < -0.39 is 0 Å². The van der Waals surface area contributed by atoms with Crippen molar-refractivity contribution in [3.8, 4) is 11.3 Å². The lowest BCUT2D eigenvalue weighted by Gasteiger charge is -2.17. The first kappa shape index (κ1) is 13.9. The van der Waals surface area contributed by atoms with Crippen LogP contribution >= 0.6 is 0 Å². The van der Waals surface area contributed by atoms with Gasteiger partial charge in [-0.15, -0.1) is 0 Å². The van der Waals surface area contributed by atoms with Crippen molar-refractivity contribution in [2.45, 2.75) is 26.2 Å². The normalized spacial score (nSPS) is 12.1. The van der Waals surface area contributed by atoms with Crippen LogP contribution < -0.4 is 0 Å². The van der Waals surface area contributed by atoms with Crippen LogP contribution in [0.1, 0.15) is 26.6 Å². The Balaban J connectivity index is 2.15. The van der Waals surface area contributed by atoms with Gasteiger partial charge in [-0.25, -0.2) is 9.97 Å². The van der Waals surface area contributed by atoms with E-state index in [0.29, 0.717) is 0 Å². The predicted molar refractivity (Wildman–Crippen MR) is 93.4 cm³/mol. The monoisotopic (exact) mass is 302 g/mol. The molecule has 0 fully saturated rings. The Hall–Kier alpha value is -2.68. The fourth-order valence-corrected chi connectivity index (χ4v) is 2.72. The van der Waals surface area contributed by atoms with Crippen LogP contribution in [0.4, 0.5) is 0 Å². The van der Waals surface area contributed by atoms with Crippen molar-refractivity contribution in [2.75, 3.05) is 0 Å². The van der Waals surface area contributed by atoms with Gasteiger partial charge in [0.15, 0.2) is 5.58 Å². The lowest BCUT2D eigenvalue weighted by atomic mass is 9.95. The zero-order valence-corrected chi connectivity index (χ0v) is 13.5. The van der Waals surface area contributed by atoms with E-state index in [0.717, 1.165) is 39.2 Å². The largest absolute Gasteiger partial charge is 0.452 e. The van der Waals surface area contributed by atoms with E-state index in [9.17, 15) is 0 Å². The molecule has 23 heavy (non-hydrogen) atoms. The van der Waals surface area contributed by atoms with Gasteiger partial charge in [0.25, 0.3) is 0 Å². The second-order valence-electron chi connectivity index (χ2n) is 6.79. The molecule has 0 atom stereocenters. The first-order chi connectivity index (χ1) is 11.0. The predicted octanol–water partition coefficient (Wildman–Crippen LogP) is 5.34. The molecule has 4 aromatic rings. The first-order valence-corrected chi connectivity index (χ1v) is 7.79. The topological polar surface area (TPSA) is 38.9 Å². The van der Waals surface area contributed by atoms with E-state index >= 15 is 0 Å². The SMILES string of the molecule is CC(C)(C)c1nc(-c2ccccc2)c2oc3ccccc3c2n1. The molecule has 0 saturated carbocycles. The second kappa shape index (κ2) is 4.92. The van der Waals surface area contributed by atoms with Gasteiger partial charge >= 0.3 is 0 Å². The lowest BCUT2D eigenvalue weighted by Crippen LogP contribution is -2.16. The minimum absolute atomic E-state index is 0.129. The molecule has 0 saturated heterocycles. The summed E-state index contributed by atoms with van der Waals surface area (Å²) in [6.07, 6.45) is 0. The average Bonchev–Trinajstić information content (AvgIpc) is 2.92. The van der Waals surface area contributed by atoms with Crippen molar-refractivity contribution in [3.63, 3.8) is 0 Å². The highest BCUT2D eigenvalue weighted by atomic mass is 16.3. The van der Waals surface area contributed by atoms with Crippen molar-refractivity contribution in [1.82, 2.24) is 9.97 Å². The summed E-state index contributed by atoms with van der Waals surface area (Å²) in [7, 11) is 0. The molecule has 0 bridgehead atoms. The van der Waals surface area contributed by atoms with Crippen LogP contribution in [0.5, 0.6) is 0 Å². The lowest BCUT2D eigenvalue weighted by molar-refractivity contribution is 0.547. The molecule has 0 amide bonds. The Bertz CT molecular complexity index is 995. The van der Waals surface area contributed by atoms with Crippen LogP contribution in [-0.4, -0.2) is 9.97 Å². The number of aromatic nitrogens is 2.